The molecule has 0 unspecified atom stereocenters. The maximum absolute atomic E-state index is 13.6. The van der Waals surface area contributed by atoms with Gasteiger partial charge in [0.05, 0.1) is 29.7 Å². The number of pyridine rings is 1. The second-order valence-corrected chi connectivity index (χ2v) is 9.09. The van der Waals surface area contributed by atoms with Crippen LogP contribution in [0.3, 0.4) is 0 Å². The maximum Gasteiger partial charge on any atom is 0.332 e. The van der Waals surface area contributed by atoms with Crippen LogP contribution >= 0.6 is 0 Å². The minimum absolute atomic E-state index is 0.0163. The first-order valence-corrected chi connectivity index (χ1v) is 12.5. The lowest BCUT2D eigenvalue weighted by atomic mass is 10.1. The Morgan fingerprint density at radius 2 is 1.69 bits per heavy atom. The summed E-state index contributed by atoms with van der Waals surface area (Å²) in [6, 6.07) is 20.3. The highest BCUT2D eigenvalue weighted by atomic mass is 16.5. The average Bonchev–Trinajstić information content (AvgIpc) is 2.96. The first-order chi connectivity index (χ1) is 19.0. The van der Waals surface area contributed by atoms with Crippen molar-refractivity contribution >= 4 is 22.5 Å². The van der Waals surface area contributed by atoms with Gasteiger partial charge in [0.15, 0.2) is 0 Å². The number of hydrogen-bond acceptors (Lipinski definition) is 6. The van der Waals surface area contributed by atoms with Gasteiger partial charge in [-0.05, 0) is 48.4 Å². The number of rotatable bonds is 9. The molecule has 5 aromatic rings. The van der Waals surface area contributed by atoms with Gasteiger partial charge in [0.2, 0.25) is 0 Å². The Morgan fingerprint density at radius 1 is 0.923 bits per heavy atom. The van der Waals surface area contributed by atoms with Gasteiger partial charge >= 0.3 is 5.69 Å². The number of amides is 1. The van der Waals surface area contributed by atoms with Crippen LogP contribution in [0, 0.1) is 0 Å². The Bertz CT molecular complexity index is 1840. The number of aromatic nitrogens is 4. The van der Waals surface area contributed by atoms with Crippen molar-refractivity contribution in [1.82, 2.24) is 23.8 Å². The number of carbonyl (C=O) groups excluding carboxylic acids is 1. The quantitative estimate of drug-likeness (QED) is 0.295. The van der Waals surface area contributed by atoms with Gasteiger partial charge in [-0.3, -0.25) is 27.9 Å². The molecule has 3 heterocycles. The monoisotopic (exact) mass is 525 g/mol. The van der Waals surface area contributed by atoms with Crippen molar-refractivity contribution in [3.05, 3.63) is 127 Å². The number of methoxy groups -OCH3 is 1. The Morgan fingerprint density at radius 3 is 2.49 bits per heavy atom. The van der Waals surface area contributed by atoms with Crippen LogP contribution < -0.4 is 22.1 Å². The highest BCUT2D eigenvalue weighted by Crippen LogP contribution is 2.11. The van der Waals surface area contributed by atoms with Crippen LogP contribution in [0.1, 0.15) is 28.0 Å². The molecule has 0 fully saturated rings. The molecule has 1 amide bonds. The third kappa shape index (κ3) is 5.41. The van der Waals surface area contributed by atoms with Gasteiger partial charge in [-0.25, -0.2) is 9.78 Å². The maximum atomic E-state index is 13.6. The highest BCUT2D eigenvalue weighted by Gasteiger charge is 2.15. The van der Waals surface area contributed by atoms with E-state index in [0.29, 0.717) is 52.9 Å². The van der Waals surface area contributed by atoms with Crippen LogP contribution in [-0.2, 0) is 17.8 Å². The minimum atomic E-state index is -0.520. The zero-order chi connectivity index (χ0) is 27.4. The molecule has 0 aliphatic heterocycles. The summed E-state index contributed by atoms with van der Waals surface area (Å²) in [6.07, 6.45) is 2.34. The Labute approximate surface area is 222 Å². The fraction of sp³-hybridized carbons (Fsp3) is 0.207. The highest BCUT2D eigenvalue weighted by molar-refractivity contribution is 5.94. The Kier molecular flexibility index (Phi) is 7.46. The van der Waals surface area contributed by atoms with Crippen LogP contribution in [0.2, 0.25) is 0 Å². The van der Waals surface area contributed by atoms with E-state index in [1.807, 2.05) is 0 Å². The van der Waals surface area contributed by atoms with Crippen molar-refractivity contribution in [1.29, 1.82) is 0 Å². The molecule has 0 atom stereocenters. The number of para-hydroxylation sites is 1. The third-order valence-corrected chi connectivity index (χ3v) is 6.44. The van der Waals surface area contributed by atoms with E-state index in [4.69, 9.17) is 4.74 Å². The van der Waals surface area contributed by atoms with Crippen molar-refractivity contribution in [3.63, 3.8) is 0 Å². The van der Waals surface area contributed by atoms with Crippen LogP contribution in [0.4, 0.5) is 0 Å². The molecule has 39 heavy (non-hydrogen) atoms. The number of nitrogens with zero attached hydrogens (tertiary/aromatic N) is 4. The molecule has 0 saturated carbocycles. The van der Waals surface area contributed by atoms with E-state index in [1.54, 1.807) is 80.0 Å². The molecule has 198 valence electrons. The van der Waals surface area contributed by atoms with Gasteiger partial charge in [0, 0.05) is 38.1 Å². The lowest BCUT2D eigenvalue weighted by molar-refractivity contribution is 0.0948. The smallest absolute Gasteiger partial charge is 0.332 e. The van der Waals surface area contributed by atoms with Gasteiger partial charge < -0.3 is 10.1 Å². The molecule has 0 aliphatic carbocycles. The summed E-state index contributed by atoms with van der Waals surface area (Å²) in [5, 5.41) is 3.21. The molecule has 5 rings (SSSR count). The zero-order valence-corrected chi connectivity index (χ0v) is 21.4. The zero-order valence-electron chi connectivity index (χ0n) is 21.4. The van der Waals surface area contributed by atoms with Crippen molar-refractivity contribution in [3.8, 4) is 0 Å². The second kappa shape index (κ2) is 11.3. The SMILES string of the molecule is COCCCNC(=O)c1ccc(Cn2c(=O)c3ccccc3n(Cc3cc(=O)n4ccccc4n3)c2=O)cc1. The molecule has 3 aromatic heterocycles. The summed E-state index contributed by atoms with van der Waals surface area (Å²) < 4.78 is 9.03. The first-order valence-electron chi connectivity index (χ1n) is 12.5. The summed E-state index contributed by atoms with van der Waals surface area (Å²) in [4.78, 5) is 56.5. The number of carbonyl (C=O) groups is 1. The number of nitrogens with one attached hydrogen (secondary N) is 1. The fourth-order valence-electron chi connectivity index (χ4n) is 4.47. The van der Waals surface area contributed by atoms with Crippen LogP contribution in [0.5, 0.6) is 0 Å². The van der Waals surface area contributed by atoms with Gasteiger partial charge in [-0.15, -0.1) is 0 Å². The summed E-state index contributed by atoms with van der Waals surface area (Å²) in [5.74, 6) is -0.207. The van der Waals surface area contributed by atoms with E-state index in [-0.39, 0.29) is 24.6 Å². The summed E-state index contributed by atoms with van der Waals surface area (Å²) in [6.45, 7) is 1.10. The van der Waals surface area contributed by atoms with E-state index < -0.39 is 11.2 Å². The number of hydrogen-bond donors (Lipinski definition) is 1. The van der Waals surface area contributed by atoms with Gasteiger partial charge in [0.1, 0.15) is 5.65 Å². The Balaban J connectivity index is 1.48. The number of ether oxygens (including phenoxy) is 1. The molecule has 0 saturated heterocycles. The van der Waals surface area contributed by atoms with Crippen molar-refractivity contribution < 1.29 is 9.53 Å². The molecule has 1 N–H and O–H groups in total. The molecule has 0 radical (unpaired) electrons. The normalized spacial score (nSPS) is 11.2. The van der Waals surface area contributed by atoms with Crippen molar-refractivity contribution in [2.75, 3.05) is 20.3 Å². The standard InChI is InChI=1S/C29H27N5O5/c1-39-16-6-14-30-27(36)21-12-10-20(11-13-21)18-34-28(37)23-7-2-3-8-24(23)33(29(34)38)19-22-17-26(35)32-15-5-4-9-25(32)31-22/h2-5,7-13,15,17H,6,14,16,18-19H2,1H3,(H,30,36). The lowest BCUT2D eigenvalue weighted by Gasteiger charge is -2.14. The lowest BCUT2D eigenvalue weighted by Crippen LogP contribution is -2.40. The van der Waals surface area contributed by atoms with Gasteiger partial charge in [-0.2, -0.15) is 0 Å². The molecule has 0 bridgehead atoms. The molecule has 10 nitrogen and oxygen atoms in total. The third-order valence-electron chi connectivity index (χ3n) is 6.44. The molecular weight excluding hydrogens is 498 g/mol. The summed E-state index contributed by atoms with van der Waals surface area (Å²) in [7, 11) is 1.61. The topological polar surface area (TPSA) is 117 Å². The molecule has 2 aromatic carbocycles. The van der Waals surface area contributed by atoms with E-state index in [0.717, 1.165) is 4.57 Å². The molecule has 0 spiro atoms. The second-order valence-electron chi connectivity index (χ2n) is 9.09. The summed E-state index contributed by atoms with van der Waals surface area (Å²) in [5.41, 5.74) is 1.30. The van der Waals surface area contributed by atoms with Crippen molar-refractivity contribution in [2.24, 2.45) is 0 Å². The predicted octanol–water partition coefficient (Wildman–Crippen LogP) is 2.03. The van der Waals surface area contributed by atoms with Crippen LogP contribution in [0.15, 0.2) is 93.4 Å². The average molecular weight is 526 g/mol. The van der Waals surface area contributed by atoms with E-state index in [1.165, 1.54) is 15.0 Å². The number of benzene rings is 2. The molecular formula is C29H27N5O5. The van der Waals surface area contributed by atoms with Crippen LogP contribution in [0.25, 0.3) is 16.6 Å². The largest absolute Gasteiger partial charge is 0.385 e. The van der Waals surface area contributed by atoms with Crippen molar-refractivity contribution in [2.45, 2.75) is 19.5 Å². The van der Waals surface area contributed by atoms with E-state index in [2.05, 4.69) is 10.3 Å². The minimum Gasteiger partial charge on any atom is -0.385 e. The van der Waals surface area contributed by atoms with E-state index >= 15 is 0 Å². The van der Waals surface area contributed by atoms with Crippen LogP contribution in [-0.4, -0.2) is 44.7 Å². The van der Waals surface area contributed by atoms with Gasteiger partial charge in [0.25, 0.3) is 17.0 Å². The fourth-order valence-corrected chi connectivity index (χ4v) is 4.47. The summed E-state index contributed by atoms with van der Waals surface area (Å²) >= 11 is 0. The Hall–Kier alpha value is -4.83. The predicted molar refractivity (Wildman–Crippen MR) is 147 cm³/mol. The molecule has 0 aliphatic rings. The first kappa shape index (κ1) is 25.8. The van der Waals surface area contributed by atoms with E-state index in [9.17, 15) is 19.2 Å². The molecule has 10 heteroatoms. The van der Waals surface area contributed by atoms with Gasteiger partial charge in [-0.1, -0.05) is 30.3 Å². The number of fused-ring (bicyclic) bond motifs is 2.